The van der Waals surface area contributed by atoms with Crippen molar-refractivity contribution >= 4 is 5.91 Å². The summed E-state index contributed by atoms with van der Waals surface area (Å²) in [6, 6.07) is -0.922. The van der Waals surface area contributed by atoms with Crippen LogP contribution in [0.1, 0.15) is 296 Å². The summed E-state index contributed by atoms with van der Waals surface area (Å²) in [6.07, 6.45) is 62.4. The molecular weight excluding hydrogens is 1110 g/mol. The lowest BCUT2D eigenvalue weighted by atomic mass is 9.97. The van der Waals surface area contributed by atoms with Crippen LogP contribution in [0.15, 0.2) is 72.9 Å². The molecule has 2 heterocycles. The van der Waals surface area contributed by atoms with Crippen molar-refractivity contribution in [1.82, 2.24) is 5.32 Å². The third-order valence-corrected chi connectivity index (χ3v) is 17.4. The van der Waals surface area contributed by atoms with E-state index in [1.807, 2.05) is 6.08 Å². The number of amides is 1. The number of aliphatic hydroxyl groups is 8. The maximum absolute atomic E-state index is 13.3. The summed E-state index contributed by atoms with van der Waals surface area (Å²) in [5, 5.41) is 87.5. The first kappa shape index (κ1) is 81.5. The lowest BCUT2D eigenvalue weighted by Crippen LogP contribution is -2.65. The number of hydrogen-bond donors (Lipinski definition) is 9. The van der Waals surface area contributed by atoms with Crippen molar-refractivity contribution in [3.8, 4) is 0 Å². The van der Waals surface area contributed by atoms with Crippen LogP contribution in [-0.4, -0.2) is 140 Å². The minimum atomic E-state index is -1.79. The van der Waals surface area contributed by atoms with Crippen LogP contribution < -0.4 is 5.32 Å². The second kappa shape index (κ2) is 58.3. The fourth-order valence-electron chi connectivity index (χ4n) is 11.7. The Morgan fingerprint density at radius 2 is 0.784 bits per heavy atom. The van der Waals surface area contributed by atoms with Crippen LogP contribution in [0.5, 0.6) is 0 Å². The first-order chi connectivity index (χ1) is 43.1. The third-order valence-electron chi connectivity index (χ3n) is 17.4. The summed E-state index contributed by atoms with van der Waals surface area (Å²) >= 11 is 0. The molecule has 0 aromatic rings. The molecule has 0 spiro atoms. The van der Waals surface area contributed by atoms with Crippen LogP contribution in [0.25, 0.3) is 0 Å². The smallest absolute Gasteiger partial charge is 0.220 e. The van der Waals surface area contributed by atoms with E-state index in [0.29, 0.717) is 6.42 Å². The molecule has 0 aliphatic carbocycles. The van der Waals surface area contributed by atoms with Crippen molar-refractivity contribution in [3.63, 3.8) is 0 Å². The highest BCUT2D eigenvalue weighted by Crippen LogP contribution is 2.30. The quantitative estimate of drug-likeness (QED) is 0.0204. The first-order valence-electron chi connectivity index (χ1n) is 36.2. The van der Waals surface area contributed by atoms with Crippen LogP contribution in [-0.2, 0) is 23.7 Å². The SMILES string of the molecule is CC/C=C\C/C=C\C/C=C\C/C=C\C/C=C\CCCCCCCCCCCCCC(=O)NC(COC1OC(CO)C(OC2OC(CO)C(O)C(O)C2O)C(O)C1O)C(O)/C=C/CCCCCCCCCCCCCCCCCCCCCCCCCCC. The van der Waals surface area contributed by atoms with Crippen LogP contribution in [0.3, 0.4) is 0 Å². The van der Waals surface area contributed by atoms with Gasteiger partial charge in [-0.05, 0) is 64.2 Å². The van der Waals surface area contributed by atoms with Crippen molar-refractivity contribution in [2.45, 2.75) is 370 Å². The molecule has 1 amide bonds. The zero-order valence-electron chi connectivity index (χ0n) is 55.7. The Bertz CT molecular complexity index is 1750. The molecule has 88 heavy (non-hydrogen) atoms. The number of carbonyl (C=O) groups excluding carboxylic acids is 1. The highest BCUT2D eigenvalue weighted by molar-refractivity contribution is 5.76. The van der Waals surface area contributed by atoms with Gasteiger partial charge in [0.05, 0.1) is 32.0 Å². The average Bonchev–Trinajstić information content (AvgIpc) is 1.93. The van der Waals surface area contributed by atoms with E-state index in [4.69, 9.17) is 18.9 Å². The van der Waals surface area contributed by atoms with Gasteiger partial charge in [-0.2, -0.15) is 0 Å². The molecule has 14 nitrogen and oxygen atoms in total. The predicted octanol–water partition coefficient (Wildman–Crippen LogP) is 15.0. The van der Waals surface area contributed by atoms with Crippen molar-refractivity contribution in [2.24, 2.45) is 0 Å². The highest BCUT2D eigenvalue weighted by Gasteiger charge is 2.51. The van der Waals surface area contributed by atoms with E-state index < -0.39 is 86.8 Å². The Morgan fingerprint density at radius 1 is 0.420 bits per heavy atom. The Kier molecular flexibility index (Phi) is 54.0. The maximum Gasteiger partial charge on any atom is 0.220 e. The molecule has 2 aliphatic heterocycles. The van der Waals surface area contributed by atoms with Crippen LogP contribution in [0.2, 0.25) is 0 Å². The molecule has 512 valence electrons. The molecule has 9 N–H and O–H groups in total. The minimum Gasteiger partial charge on any atom is -0.394 e. The lowest BCUT2D eigenvalue weighted by molar-refractivity contribution is -0.359. The largest absolute Gasteiger partial charge is 0.394 e. The summed E-state index contributed by atoms with van der Waals surface area (Å²) in [5.41, 5.74) is 0. The summed E-state index contributed by atoms with van der Waals surface area (Å²) in [4.78, 5) is 13.3. The molecule has 0 saturated carbocycles. The molecule has 12 unspecified atom stereocenters. The van der Waals surface area contributed by atoms with Gasteiger partial charge in [0.1, 0.15) is 48.8 Å². The van der Waals surface area contributed by atoms with E-state index in [-0.39, 0.29) is 18.9 Å². The molecule has 14 heteroatoms. The normalized spacial score (nSPS) is 23.6. The predicted molar refractivity (Wildman–Crippen MR) is 360 cm³/mol. The van der Waals surface area contributed by atoms with Gasteiger partial charge in [-0.1, -0.05) is 299 Å². The molecule has 2 saturated heterocycles. The zero-order chi connectivity index (χ0) is 63.8. The summed E-state index contributed by atoms with van der Waals surface area (Å²) in [5.74, 6) is -0.242. The van der Waals surface area contributed by atoms with Gasteiger partial charge in [-0.25, -0.2) is 0 Å². The van der Waals surface area contributed by atoms with Gasteiger partial charge < -0.3 is 65.1 Å². The van der Waals surface area contributed by atoms with Gasteiger partial charge in [0.25, 0.3) is 0 Å². The lowest BCUT2D eigenvalue weighted by Gasteiger charge is -2.46. The van der Waals surface area contributed by atoms with E-state index >= 15 is 0 Å². The number of allylic oxidation sites excluding steroid dienone is 11. The summed E-state index contributed by atoms with van der Waals surface area (Å²) in [7, 11) is 0. The minimum absolute atomic E-state index is 0.242. The number of nitrogens with one attached hydrogen (secondary N) is 1. The second-order valence-corrected chi connectivity index (χ2v) is 25.3. The number of aliphatic hydroxyl groups excluding tert-OH is 8. The zero-order valence-corrected chi connectivity index (χ0v) is 55.7. The van der Waals surface area contributed by atoms with Gasteiger partial charge >= 0.3 is 0 Å². The van der Waals surface area contributed by atoms with E-state index in [1.54, 1.807) is 6.08 Å². The van der Waals surface area contributed by atoms with Gasteiger partial charge in [0, 0.05) is 6.42 Å². The van der Waals surface area contributed by atoms with Gasteiger partial charge in [-0.3, -0.25) is 4.79 Å². The Labute approximate surface area is 536 Å². The van der Waals surface area contributed by atoms with Crippen LogP contribution >= 0.6 is 0 Å². The molecule has 0 aromatic heterocycles. The van der Waals surface area contributed by atoms with Crippen molar-refractivity contribution in [3.05, 3.63) is 72.9 Å². The second-order valence-electron chi connectivity index (χ2n) is 25.3. The number of carbonyl (C=O) groups is 1. The topological polar surface area (TPSA) is 228 Å². The maximum atomic E-state index is 13.3. The van der Waals surface area contributed by atoms with E-state index in [2.05, 4.69) is 79.9 Å². The molecule has 2 aliphatic rings. The van der Waals surface area contributed by atoms with Crippen molar-refractivity contribution in [2.75, 3.05) is 19.8 Å². The van der Waals surface area contributed by atoms with Crippen LogP contribution in [0, 0.1) is 0 Å². The molecule has 12 atom stereocenters. The molecule has 2 fully saturated rings. The van der Waals surface area contributed by atoms with Crippen LogP contribution in [0.4, 0.5) is 0 Å². The number of hydrogen-bond acceptors (Lipinski definition) is 13. The monoisotopic (exact) mass is 1240 g/mol. The van der Waals surface area contributed by atoms with Gasteiger partial charge in [0.2, 0.25) is 5.91 Å². The van der Waals surface area contributed by atoms with E-state index in [0.717, 1.165) is 77.0 Å². The fraction of sp³-hybridized carbons (Fsp3) is 0.824. The molecule has 0 bridgehead atoms. The first-order valence-corrected chi connectivity index (χ1v) is 36.2. The summed E-state index contributed by atoms with van der Waals surface area (Å²) < 4.78 is 22.9. The molecule has 2 rings (SSSR count). The number of rotatable bonds is 59. The van der Waals surface area contributed by atoms with Crippen molar-refractivity contribution in [1.29, 1.82) is 0 Å². The summed E-state index contributed by atoms with van der Waals surface area (Å²) in [6.45, 7) is 2.72. The van der Waals surface area contributed by atoms with Gasteiger partial charge in [0.15, 0.2) is 12.6 Å². The molecular formula is C74H133NO13. The van der Waals surface area contributed by atoms with E-state index in [1.165, 1.54) is 193 Å². The Morgan fingerprint density at radius 3 is 1.20 bits per heavy atom. The van der Waals surface area contributed by atoms with E-state index in [9.17, 15) is 45.6 Å². The Hall–Kier alpha value is -2.57. The van der Waals surface area contributed by atoms with Crippen molar-refractivity contribution < 1.29 is 64.6 Å². The fourth-order valence-corrected chi connectivity index (χ4v) is 11.7. The highest BCUT2D eigenvalue weighted by atomic mass is 16.7. The number of ether oxygens (including phenoxy) is 4. The third kappa shape index (κ3) is 41.8. The van der Waals surface area contributed by atoms with Gasteiger partial charge in [-0.15, -0.1) is 0 Å². The molecule has 0 aromatic carbocycles. The molecule has 0 radical (unpaired) electrons. The standard InChI is InChI=1S/C74H133NO13/c1-3-5-7-9-11-13-15-17-19-21-23-25-27-29-31-33-35-37-39-41-43-45-47-49-51-53-55-57-63(78)62(61-85-73-71(84)69(82)72(65(60-77)87-73)88-74-70(83)68(81)67(80)64(59-76)86-74)75-66(79)58-56-54-52-50-48-46-44-42-40-38-36-34-32-30-28-26-24-22-20-18-16-14-12-10-8-6-4-2/h6,8,12,14,18,20,24,26,30,32,55,57,62-65,67-74,76-78,80-84H,3-5,7,9-11,13,15-17,19,21-23,25,27-29,31,33-54,56,58-61H2,1-2H3,(H,75,79)/b8-6-,14-12-,20-18-,26-24-,32-30-,57-55+. The Balaban J connectivity index is 1.68. The average molecular weight is 1240 g/mol. The number of unbranched alkanes of at least 4 members (excludes halogenated alkanes) is 36.